The van der Waals surface area contributed by atoms with Gasteiger partial charge in [-0.15, -0.1) is 0 Å². The summed E-state index contributed by atoms with van der Waals surface area (Å²) in [5.74, 6) is -3.65. The number of ether oxygens (including phenoxy) is 4. The summed E-state index contributed by atoms with van der Waals surface area (Å²) < 4.78 is 27.8. The lowest BCUT2D eigenvalue weighted by Crippen LogP contribution is -2.65. The summed E-state index contributed by atoms with van der Waals surface area (Å²) in [6.45, 7) is -1.64. The number of aliphatic hydroxyl groups is 7. The molecule has 1 aromatic heterocycles. The van der Waals surface area contributed by atoms with Crippen LogP contribution < -0.4 is 10.2 Å². The van der Waals surface area contributed by atoms with Gasteiger partial charge in [0.25, 0.3) is 0 Å². The Morgan fingerprint density at radius 2 is 1.34 bits per heavy atom. The largest absolute Gasteiger partial charge is 0.504 e. The third-order valence-corrected chi connectivity index (χ3v) is 7.40. The zero-order valence-electron chi connectivity index (χ0n) is 22.4. The Kier molecular flexibility index (Phi) is 8.87. The summed E-state index contributed by atoms with van der Waals surface area (Å²) in [5.41, 5.74) is -1.00. The van der Waals surface area contributed by atoms with Gasteiger partial charge in [0.15, 0.2) is 40.8 Å². The second kappa shape index (κ2) is 12.3. The Bertz CT molecular complexity index is 1560. The smallest absolute Gasteiger partial charge is 0.229 e. The van der Waals surface area contributed by atoms with Crippen molar-refractivity contribution in [2.45, 2.75) is 61.4 Å². The summed E-state index contributed by atoms with van der Waals surface area (Å²) in [7, 11) is 0. The van der Waals surface area contributed by atoms with Crippen molar-refractivity contribution < 1.29 is 79.5 Å². The van der Waals surface area contributed by atoms with Gasteiger partial charge in [-0.3, -0.25) is 4.79 Å². The number of hydrogen-bond donors (Lipinski definition) is 11. The van der Waals surface area contributed by atoms with Crippen LogP contribution in [0.2, 0.25) is 0 Å². The van der Waals surface area contributed by atoms with Gasteiger partial charge < -0.3 is 79.5 Å². The van der Waals surface area contributed by atoms with Gasteiger partial charge in [0, 0.05) is 17.7 Å². The molecule has 2 aliphatic heterocycles. The molecule has 44 heavy (non-hydrogen) atoms. The third-order valence-electron chi connectivity index (χ3n) is 7.40. The van der Waals surface area contributed by atoms with E-state index in [-0.39, 0.29) is 16.9 Å². The van der Waals surface area contributed by atoms with Gasteiger partial charge in [-0.1, -0.05) is 0 Å². The second-order valence-electron chi connectivity index (χ2n) is 10.2. The lowest BCUT2D eigenvalue weighted by atomic mass is 9.97. The first-order valence-electron chi connectivity index (χ1n) is 13.2. The molecular weight excluding hydrogens is 596 g/mol. The summed E-state index contributed by atoms with van der Waals surface area (Å²) in [6, 6.07) is 5.51. The molecule has 0 aliphatic carbocycles. The van der Waals surface area contributed by atoms with Crippen LogP contribution in [-0.2, 0) is 14.2 Å². The quantitative estimate of drug-likeness (QED) is 0.119. The normalized spacial score (nSPS) is 32.5. The molecule has 17 nitrogen and oxygen atoms in total. The minimum absolute atomic E-state index is 0.120. The van der Waals surface area contributed by atoms with Gasteiger partial charge in [-0.2, -0.15) is 0 Å². The molecule has 5 rings (SSSR count). The highest BCUT2D eigenvalue weighted by Gasteiger charge is 2.51. The minimum Gasteiger partial charge on any atom is -0.504 e. The molecule has 3 aromatic rings. The lowest BCUT2D eigenvalue weighted by Gasteiger charge is -2.45. The zero-order valence-corrected chi connectivity index (χ0v) is 22.4. The molecule has 0 spiro atoms. The second-order valence-corrected chi connectivity index (χ2v) is 10.2. The topological polar surface area (TPSA) is 290 Å². The molecule has 10 atom stereocenters. The fraction of sp³-hybridized carbons (Fsp3) is 0.444. The molecule has 11 N–H and O–H groups in total. The van der Waals surface area contributed by atoms with Crippen molar-refractivity contribution in [2.24, 2.45) is 0 Å². The molecule has 0 saturated carbocycles. The molecule has 3 heterocycles. The minimum atomic E-state index is -1.93. The highest BCUT2D eigenvalue weighted by molar-refractivity contribution is 5.89. The number of phenolic OH excluding ortho intramolecular Hbond substituents is 4. The fourth-order valence-electron chi connectivity index (χ4n) is 4.93. The van der Waals surface area contributed by atoms with E-state index in [9.17, 15) is 61.0 Å². The number of aliphatic hydroxyl groups excluding tert-OH is 7. The zero-order chi connectivity index (χ0) is 32.0. The maximum Gasteiger partial charge on any atom is 0.229 e. The molecule has 0 amide bonds. The van der Waals surface area contributed by atoms with Crippen LogP contribution in [0.25, 0.3) is 22.3 Å². The van der Waals surface area contributed by atoms with E-state index >= 15 is 0 Å². The SMILES string of the molecule is O=c1cc(-c2ccc(O)c(O)c2)oc2cc(O[C@@H]3O[C@H](CO)[C@@H](O)[C@H](O)[C@@H]3O[C@@H]3O[C@H](CO)[C@@H](O)[C@H](O)[C@H]3O)c(O)c(O)c12. The van der Waals surface area contributed by atoms with E-state index in [0.717, 1.165) is 24.3 Å². The number of benzene rings is 2. The van der Waals surface area contributed by atoms with Gasteiger partial charge in [-0.25, -0.2) is 0 Å². The summed E-state index contributed by atoms with van der Waals surface area (Å²) in [4.78, 5) is 12.9. The lowest BCUT2D eigenvalue weighted by molar-refractivity contribution is -0.358. The molecule has 0 unspecified atom stereocenters. The molecule has 2 aliphatic rings. The molecule has 2 fully saturated rings. The van der Waals surface area contributed by atoms with E-state index in [1.807, 2.05) is 0 Å². The number of rotatable bonds is 7. The van der Waals surface area contributed by atoms with Crippen LogP contribution in [0.3, 0.4) is 0 Å². The number of aromatic hydroxyl groups is 4. The summed E-state index contributed by atoms with van der Waals surface area (Å²) >= 11 is 0. The molecule has 0 bridgehead atoms. The highest BCUT2D eigenvalue weighted by atomic mass is 16.8. The van der Waals surface area contributed by atoms with Crippen LogP contribution in [0.5, 0.6) is 28.7 Å². The highest BCUT2D eigenvalue weighted by Crippen LogP contribution is 2.43. The van der Waals surface area contributed by atoms with Crippen molar-refractivity contribution in [3.05, 3.63) is 40.6 Å². The average Bonchev–Trinajstić information content (AvgIpc) is 3.00. The van der Waals surface area contributed by atoms with Crippen LogP contribution in [0, 0.1) is 0 Å². The van der Waals surface area contributed by atoms with Gasteiger partial charge >= 0.3 is 0 Å². The predicted molar refractivity (Wildman–Crippen MR) is 142 cm³/mol. The maximum atomic E-state index is 12.9. The van der Waals surface area contributed by atoms with E-state index in [2.05, 4.69) is 0 Å². The molecule has 17 heteroatoms. The molecule has 240 valence electrons. The first-order chi connectivity index (χ1) is 20.9. The van der Waals surface area contributed by atoms with E-state index in [0.29, 0.717) is 0 Å². The molecule has 2 saturated heterocycles. The van der Waals surface area contributed by atoms with Gasteiger partial charge in [-0.05, 0) is 18.2 Å². The standard InChI is InChI=1S/C27H30O17/c28-6-15-19(34)22(37)24(39)26(42-15)44-25-23(38)20(35)16(7-29)43-27(25)41-14-5-13-17(21(36)18(14)33)11(32)4-12(40-13)8-1-2-9(30)10(31)3-8/h1-5,15-16,19-20,22-31,33-39H,6-7H2/t15-,16-,19-,20-,22+,23+,24-,25+,26+,27-/m1/s1. The van der Waals surface area contributed by atoms with Gasteiger partial charge in [0.05, 0.1) is 13.2 Å². The van der Waals surface area contributed by atoms with Crippen LogP contribution in [0.4, 0.5) is 0 Å². The monoisotopic (exact) mass is 626 g/mol. The van der Waals surface area contributed by atoms with E-state index in [4.69, 9.17) is 23.4 Å². The van der Waals surface area contributed by atoms with Crippen molar-refractivity contribution >= 4 is 11.0 Å². The Hall–Kier alpha value is -3.75. The number of phenols is 4. The first-order valence-corrected chi connectivity index (χ1v) is 13.2. The van der Waals surface area contributed by atoms with Gasteiger partial charge in [0.1, 0.15) is 59.5 Å². The van der Waals surface area contributed by atoms with Crippen LogP contribution in [-0.4, -0.2) is 131 Å². The van der Waals surface area contributed by atoms with Crippen molar-refractivity contribution in [3.8, 4) is 40.1 Å². The fourth-order valence-corrected chi connectivity index (χ4v) is 4.93. The Labute approximate surface area is 246 Å². The van der Waals surface area contributed by atoms with Crippen molar-refractivity contribution in [3.63, 3.8) is 0 Å². The number of hydrogen-bond acceptors (Lipinski definition) is 17. The first kappa shape index (κ1) is 31.7. The number of fused-ring (bicyclic) bond motifs is 1. The van der Waals surface area contributed by atoms with E-state index in [1.54, 1.807) is 0 Å². The van der Waals surface area contributed by atoms with Crippen molar-refractivity contribution in [1.82, 2.24) is 0 Å². The van der Waals surface area contributed by atoms with Crippen LogP contribution >= 0.6 is 0 Å². The Morgan fingerprint density at radius 1 is 0.705 bits per heavy atom. The Morgan fingerprint density at radius 3 is 1.98 bits per heavy atom. The van der Waals surface area contributed by atoms with Crippen molar-refractivity contribution in [2.75, 3.05) is 13.2 Å². The maximum absolute atomic E-state index is 12.9. The molecule has 0 radical (unpaired) electrons. The van der Waals surface area contributed by atoms with Gasteiger partial charge in [0.2, 0.25) is 12.0 Å². The average molecular weight is 627 g/mol. The third kappa shape index (κ3) is 5.61. The van der Waals surface area contributed by atoms with Crippen LogP contribution in [0.1, 0.15) is 0 Å². The predicted octanol–water partition coefficient (Wildman–Crippen LogP) is -2.71. The summed E-state index contributed by atoms with van der Waals surface area (Å²) in [6.07, 6.45) is -17.6. The van der Waals surface area contributed by atoms with E-state index in [1.165, 1.54) is 6.07 Å². The summed E-state index contributed by atoms with van der Waals surface area (Å²) in [5, 5.41) is 111. The van der Waals surface area contributed by atoms with Crippen molar-refractivity contribution in [1.29, 1.82) is 0 Å². The van der Waals surface area contributed by atoms with Crippen LogP contribution in [0.15, 0.2) is 39.5 Å². The Balaban J connectivity index is 1.52. The molecule has 2 aromatic carbocycles. The molecular formula is C27H30O17. The van der Waals surface area contributed by atoms with E-state index < -0.39 is 114 Å².